The molecule has 0 spiro atoms. The Morgan fingerprint density at radius 1 is 1.32 bits per heavy atom. The number of nitrogens with zero attached hydrogens (tertiary/aromatic N) is 5. The molecule has 0 aliphatic heterocycles. The summed E-state index contributed by atoms with van der Waals surface area (Å²) in [5.74, 6) is 0.304. The van der Waals surface area contributed by atoms with Gasteiger partial charge in [-0.1, -0.05) is 6.07 Å². The quantitative estimate of drug-likeness (QED) is 0.575. The maximum atomic E-state index is 11.7. The summed E-state index contributed by atoms with van der Waals surface area (Å²) in [6.45, 7) is 0. The van der Waals surface area contributed by atoms with Crippen molar-refractivity contribution < 1.29 is 4.79 Å². The average molecular weight is 293 g/mol. The Bertz CT molecular complexity index is 986. The highest BCUT2D eigenvalue weighted by Crippen LogP contribution is 2.20. The van der Waals surface area contributed by atoms with Crippen LogP contribution in [0.5, 0.6) is 0 Å². The molecule has 1 amide bonds. The van der Waals surface area contributed by atoms with Crippen LogP contribution in [0.3, 0.4) is 0 Å². The van der Waals surface area contributed by atoms with Gasteiger partial charge in [-0.2, -0.15) is 0 Å². The SMILES string of the molecule is CNC(=O)c1cc2c(ncn3nc(-c4ccccn4)nc23)[nH]1. The van der Waals surface area contributed by atoms with Gasteiger partial charge in [-0.3, -0.25) is 9.78 Å². The minimum atomic E-state index is -0.208. The van der Waals surface area contributed by atoms with Crippen LogP contribution in [0.15, 0.2) is 36.8 Å². The first-order valence-electron chi connectivity index (χ1n) is 6.64. The molecule has 0 fully saturated rings. The number of aromatic amines is 1. The van der Waals surface area contributed by atoms with Gasteiger partial charge in [0.05, 0.1) is 5.39 Å². The van der Waals surface area contributed by atoms with Crippen molar-refractivity contribution in [2.75, 3.05) is 7.05 Å². The van der Waals surface area contributed by atoms with Gasteiger partial charge in [0.2, 0.25) is 5.82 Å². The molecule has 0 saturated heterocycles. The average Bonchev–Trinajstić information content (AvgIpc) is 3.18. The number of fused-ring (bicyclic) bond motifs is 3. The van der Waals surface area contributed by atoms with E-state index in [4.69, 9.17) is 0 Å². The normalized spacial score (nSPS) is 11.1. The van der Waals surface area contributed by atoms with E-state index in [1.165, 1.54) is 0 Å². The van der Waals surface area contributed by atoms with E-state index >= 15 is 0 Å². The molecule has 0 radical (unpaired) electrons. The molecule has 22 heavy (non-hydrogen) atoms. The largest absolute Gasteiger partial charge is 0.354 e. The molecule has 8 nitrogen and oxygen atoms in total. The fourth-order valence-electron chi connectivity index (χ4n) is 2.28. The molecule has 0 aliphatic rings. The Balaban J connectivity index is 1.94. The van der Waals surface area contributed by atoms with Gasteiger partial charge in [0.25, 0.3) is 5.91 Å². The van der Waals surface area contributed by atoms with Crippen molar-refractivity contribution in [1.29, 1.82) is 0 Å². The number of carbonyl (C=O) groups excluding carboxylic acids is 1. The Morgan fingerprint density at radius 2 is 2.23 bits per heavy atom. The van der Waals surface area contributed by atoms with Crippen LogP contribution in [-0.4, -0.2) is 42.5 Å². The number of nitrogens with one attached hydrogen (secondary N) is 2. The molecular formula is C14H11N7O. The predicted octanol–water partition coefficient (Wildman–Crippen LogP) is 1.03. The second-order valence-corrected chi connectivity index (χ2v) is 4.69. The lowest BCUT2D eigenvalue weighted by Crippen LogP contribution is -2.17. The molecule has 2 N–H and O–H groups in total. The fraction of sp³-hybridized carbons (Fsp3) is 0.0714. The number of pyridine rings is 1. The van der Waals surface area contributed by atoms with Gasteiger partial charge in [-0.05, 0) is 18.2 Å². The van der Waals surface area contributed by atoms with Crippen molar-refractivity contribution in [3.8, 4) is 11.5 Å². The molecule has 108 valence electrons. The number of rotatable bonds is 2. The number of hydrogen-bond acceptors (Lipinski definition) is 5. The topological polar surface area (TPSA) is 101 Å². The summed E-state index contributed by atoms with van der Waals surface area (Å²) in [4.78, 5) is 27.7. The molecule has 0 aliphatic carbocycles. The van der Waals surface area contributed by atoms with E-state index < -0.39 is 0 Å². The summed E-state index contributed by atoms with van der Waals surface area (Å²) in [5, 5.41) is 7.68. The van der Waals surface area contributed by atoms with Crippen LogP contribution < -0.4 is 5.32 Å². The molecule has 0 aromatic carbocycles. The molecule has 4 rings (SSSR count). The molecule has 4 aromatic rings. The molecule has 0 unspecified atom stereocenters. The summed E-state index contributed by atoms with van der Waals surface area (Å²) in [6, 6.07) is 7.27. The summed E-state index contributed by atoms with van der Waals surface area (Å²) < 4.78 is 1.58. The molecular weight excluding hydrogens is 282 g/mol. The Hall–Kier alpha value is -3.29. The van der Waals surface area contributed by atoms with Crippen molar-refractivity contribution in [2.24, 2.45) is 0 Å². The number of H-pyrrole nitrogens is 1. The van der Waals surface area contributed by atoms with Crippen molar-refractivity contribution in [3.05, 3.63) is 42.5 Å². The van der Waals surface area contributed by atoms with Crippen LogP contribution in [-0.2, 0) is 0 Å². The smallest absolute Gasteiger partial charge is 0.267 e. The zero-order chi connectivity index (χ0) is 15.1. The second kappa shape index (κ2) is 4.62. The second-order valence-electron chi connectivity index (χ2n) is 4.69. The zero-order valence-electron chi connectivity index (χ0n) is 11.6. The van der Waals surface area contributed by atoms with Crippen LogP contribution in [0.4, 0.5) is 0 Å². The van der Waals surface area contributed by atoms with Crippen LogP contribution >= 0.6 is 0 Å². The highest BCUT2D eigenvalue weighted by molar-refractivity contribution is 6.00. The van der Waals surface area contributed by atoms with E-state index in [0.717, 1.165) is 5.39 Å². The molecule has 8 heteroatoms. The van der Waals surface area contributed by atoms with Gasteiger partial charge in [0, 0.05) is 13.2 Å². The monoisotopic (exact) mass is 293 g/mol. The lowest BCUT2D eigenvalue weighted by Gasteiger charge is -1.92. The van der Waals surface area contributed by atoms with E-state index in [9.17, 15) is 4.79 Å². The highest BCUT2D eigenvalue weighted by Gasteiger charge is 2.14. The van der Waals surface area contributed by atoms with E-state index in [-0.39, 0.29) is 5.91 Å². The summed E-state index contributed by atoms with van der Waals surface area (Å²) >= 11 is 0. The fourth-order valence-corrected chi connectivity index (χ4v) is 2.28. The molecule has 4 aromatic heterocycles. The maximum Gasteiger partial charge on any atom is 0.267 e. The molecule has 0 saturated carbocycles. The van der Waals surface area contributed by atoms with Crippen LogP contribution in [0.2, 0.25) is 0 Å². The lowest BCUT2D eigenvalue weighted by molar-refractivity contribution is 0.0959. The third-order valence-corrected chi connectivity index (χ3v) is 3.33. The molecule has 4 heterocycles. The first kappa shape index (κ1) is 12.5. The molecule has 0 bridgehead atoms. The third kappa shape index (κ3) is 1.81. The summed E-state index contributed by atoms with van der Waals surface area (Å²) in [7, 11) is 1.58. The van der Waals surface area contributed by atoms with Crippen LogP contribution in [0, 0.1) is 0 Å². The van der Waals surface area contributed by atoms with Crippen molar-refractivity contribution in [3.63, 3.8) is 0 Å². The van der Waals surface area contributed by atoms with Gasteiger partial charge in [-0.15, -0.1) is 5.10 Å². The summed E-state index contributed by atoms with van der Waals surface area (Å²) in [5.41, 5.74) is 2.32. The lowest BCUT2D eigenvalue weighted by atomic mass is 10.3. The van der Waals surface area contributed by atoms with Crippen LogP contribution in [0.25, 0.3) is 28.2 Å². The molecule has 0 atom stereocenters. The minimum absolute atomic E-state index is 0.208. The first-order chi connectivity index (χ1) is 10.8. The van der Waals surface area contributed by atoms with Gasteiger partial charge in [-0.25, -0.2) is 14.5 Å². The first-order valence-corrected chi connectivity index (χ1v) is 6.64. The Labute approximate surface area is 124 Å². The van der Waals surface area contributed by atoms with Crippen molar-refractivity contribution in [2.45, 2.75) is 0 Å². The zero-order valence-corrected chi connectivity index (χ0v) is 11.6. The Morgan fingerprint density at radius 3 is 3.00 bits per heavy atom. The Kier molecular flexibility index (Phi) is 2.62. The van der Waals surface area contributed by atoms with Gasteiger partial charge in [0.15, 0.2) is 5.65 Å². The standard InChI is InChI=1S/C14H11N7O/c1-15-14(22)10-6-8-11(18-10)17-7-21-13(8)19-12(20-21)9-4-2-3-5-16-9/h2-7,18H,1H3,(H,15,22). The number of carbonyl (C=O) groups is 1. The van der Waals surface area contributed by atoms with Gasteiger partial charge < -0.3 is 10.3 Å². The van der Waals surface area contributed by atoms with E-state index in [2.05, 4.69) is 30.4 Å². The minimum Gasteiger partial charge on any atom is -0.354 e. The predicted molar refractivity (Wildman–Crippen MR) is 79.3 cm³/mol. The maximum absolute atomic E-state index is 11.7. The van der Waals surface area contributed by atoms with E-state index in [1.54, 1.807) is 30.2 Å². The van der Waals surface area contributed by atoms with Gasteiger partial charge >= 0.3 is 0 Å². The van der Waals surface area contributed by atoms with Gasteiger partial charge in [0.1, 0.15) is 23.4 Å². The number of amides is 1. The third-order valence-electron chi connectivity index (χ3n) is 3.33. The number of hydrogen-bond donors (Lipinski definition) is 2. The van der Waals surface area contributed by atoms with E-state index in [1.807, 2.05) is 18.2 Å². The van der Waals surface area contributed by atoms with Crippen LogP contribution in [0.1, 0.15) is 10.5 Å². The van der Waals surface area contributed by atoms with Crippen molar-refractivity contribution in [1.82, 2.24) is 34.9 Å². The summed E-state index contributed by atoms with van der Waals surface area (Å²) in [6.07, 6.45) is 3.25. The van der Waals surface area contributed by atoms with E-state index in [0.29, 0.717) is 28.5 Å². The number of aromatic nitrogens is 6. The highest BCUT2D eigenvalue weighted by atomic mass is 16.1. The van der Waals surface area contributed by atoms with Crippen molar-refractivity contribution >= 4 is 22.6 Å².